The first-order valence-electron chi connectivity index (χ1n) is 11.5. The van der Waals surface area contributed by atoms with Crippen molar-refractivity contribution in [3.8, 4) is 11.5 Å². The van der Waals surface area contributed by atoms with Crippen LogP contribution in [-0.4, -0.2) is 74.1 Å². The molecule has 0 aromatic heterocycles. The van der Waals surface area contributed by atoms with Gasteiger partial charge in [0.1, 0.15) is 11.5 Å². The van der Waals surface area contributed by atoms with Crippen molar-refractivity contribution in [1.82, 2.24) is 15.1 Å². The number of carbonyl (C=O) groups is 2. The molecule has 0 radical (unpaired) electrons. The fourth-order valence-electron chi connectivity index (χ4n) is 3.70. The molecule has 178 valence electrons. The molecule has 2 N–H and O–H groups in total. The first-order valence-corrected chi connectivity index (χ1v) is 11.5. The number of hydrogen-bond donors (Lipinski definition) is 2. The molecule has 0 spiro atoms. The average Bonchev–Trinajstić information content (AvgIpc) is 2.82. The van der Waals surface area contributed by atoms with Crippen molar-refractivity contribution in [1.29, 1.82) is 0 Å². The van der Waals surface area contributed by atoms with Gasteiger partial charge in [0.2, 0.25) is 11.8 Å². The summed E-state index contributed by atoms with van der Waals surface area (Å²) in [6, 6.07) is 15.3. The van der Waals surface area contributed by atoms with Gasteiger partial charge >= 0.3 is 0 Å². The number of rotatable bonds is 11. The molecule has 0 unspecified atom stereocenters. The van der Waals surface area contributed by atoms with Crippen LogP contribution in [0.25, 0.3) is 0 Å². The zero-order valence-electron chi connectivity index (χ0n) is 19.5. The lowest BCUT2D eigenvalue weighted by Crippen LogP contribution is -2.50. The minimum atomic E-state index is -0.0985. The van der Waals surface area contributed by atoms with Crippen LogP contribution in [0.15, 0.2) is 48.5 Å². The smallest absolute Gasteiger partial charge is 0.238 e. The minimum Gasteiger partial charge on any atom is -0.494 e. The van der Waals surface area contributed by atoms with Crippen LogP contribution in [0.4, 0.5) is 5.69 Å². The zero-order valence-corrected chi connectivity index (χ0v) is 19.5. The summed E-state index contributed by atoms with van der Waals surface area (Å²) in [5, 5.41) is 5.92. The molecule has 2 aromatic carbocycles. The average molecular weight is 455 g/mol. The Balaban J connectivity index is 1.42. The highest BCUT2D eigenvalue weighted by Crippen LogP contribution is 2.29. The second kappa shape index (κ2) is 12.8. The van der Waals surface area contributed by atoms with Gasteiger partial charge < -0.3 is 20.1 Å². The molecule has 0 saturated carbocycles. The molecule has 3 rings (SSSR count). The number of carbonyl (C=O) groups excluding carboxylic acids is 2. The molecule has 1 saturated heterocycles. The van der Waals surface area contributed by atoms with E-state index < -0.39 is 0 Å². The third kappa shape index (κ3) is 8.07. The van der Waals surface area contributed by atoms with Gasteiger partial charge in [0.25, 0.3) is 0 Å². The van der Waals surface area contributed by atoms with Gasteiger partial charge in [-0.3, -0.25) is 19.4 Å². The van der Waals surface area contributed by atoms with E-state index in [2.05, 4.69) is 20.4 Å². The lowest BCUT2D eigenvalue weighted by molar-refractivity contribution is -0.123. The normalized spacial score (nSPS) is 14.5. The summed E-state index contributed by atoms with van der Waals surface area (Å²) in [6.07, 6.45) is 0. The van der Waals surface area contributed by atoms with E-state index in [9.17, 15) is 9.59 Å². The van der Waals surface area contributed by atoms with Crippen LogP contribution in [0.1, 0.15) is 19.4 Å². The molecule has 2 aromatic rings. The van der Waals surface area contributed by atoms with E-state index in [1.54, 1.807) is 6.07 Å². The highest BCUT2D eigenvalue weighted by Gasteiger charge is 2.21. The topological polar surface area (TPSA) is 83.1 Å². The van der Waals surface area contributed by atoms with Crippen LogP contribution < -0.4 is 20.1 Å². The molecule has 2 amide bonds. The number of ether oxygens (including phenoxy) is 2. The number of nitrogens with zero attached hydrogens (tertiary/aromatic N) is 2. The Hall–Kier alpha value is -3.10. The van der Waals surface area contributed by atoms with E-state index in [0.29, 0.717) is 50.0 Å². The Morgan fingerprint density at radius 3 is 2.12 bits per heavy atom. The highest BCUT2D eigenvalue weighted by molar-refractivity contribution is 5.94. The van der Waals surface area contributed by atoms with Crippen molar-refractivity contribution in [2.75, 3.05) is 57.8 Å². The fourth-order valence-corrected chi connectivity index (χ4v) is 3.70. The van der Waals surface area contributed by atoms with Crippen LogP contribution in [-0.2, 0) is 16.1 Å². The summed E-state index contributed by atoms with van der Waals surface area (Å²) < 4.78 is 11.2. The number of hydrogen-bond acceptors (Lipinski definition) is 6. The van der Waals surface area contributed by atoms with Crippen LogP contribution >= 0.6 is 0 Å². The van der Waals surface area contributed by atoms with Gasteiger partial charge in [-0.2, -0.15) is 0 Å². The van der Waals surface area contributed by atoms with Gasteiger partial charge in [-0.1, -0.05) is 30.3 Å². The summed E-state index contributed by atoms with van der Waals surface area (Å²) in [5.74, 6) is 1.23. The maximum absolute atomic E-state index is 12.7. The third-order valence-corrected chi connectivity index (χ3v) is 5.37. The molecule has 8 nitrogen and oxygen atoms in total. The Bertz CT molecular complexity index is 899. The highest BCUT2D eigenvalue weighted by atomic mass is 16.5. The number of piperazine rings is 1. The molecule has 33 heavy (non-hydrogen) atoms. The van der Waals surface area contributed by atoms with E-state index in [1.807, 2.05) is 56.3 Å². The summed E-state index contributed by atoms with van der Waals surface area (Å²) in [5.41, 5.74) is 1.70. The lowest BCUT2D eigenvalue weighted by Gasteiger charge is -2.33. The van der Waals surface area contributed by atoms with Crippen molar-refractivity contribution < 1.29 is 19.1 Å². The van der Waals surface area contributed by atoms with Crippen LogP contribution in [0, 0.1) is 0 Å². The molecule has 1 aliphatic rings. The largest absolute Gasteiger partial charge is 0.494 e. The number of nitrogens with one attached hydrogen (secondary N) is 2. The first-order chi connectivity index (χ1) is 16.1. The van der Waals surface area contributed by atoms with Crippen molar-refractivity contribution >= 4 is 17.5 Å². The molecular formula is C25H34N4O4. The molecule has 1 heterocycles. The molecule has 1 aliphatic heterocycles. The van der Waals surface area contributed by atoms with Crippen molar-refractivity contribution in [3.63, 3.8) is 0 Å². The van der Waals surface area contributed by atoms with Gasteiger partial charge in [0.15, 0.2) is 0 Å². The van der Waals surface area contributed by atoms with Crippen molar-refractivity contribution in [2.24, 2.45) is 0 Å². The molecule has 0 aliphatic carbocycles. The van der Waals surface area contributed by atoms with E-state index >= 15 is 0 Å². The monoisotopic (exact) mass is 454 g/mol. The first kappa shape index (κ1) is 24.5. The number of anilines is 1. The van der Waals surface area contributed by atoms with Gasteiger partial charge in [-0.25, -0.2) is 0 Å². The Morgan fingerprint density at radius 2 is 1.48 bits per heavy atom. The SMILES string of the molecule is CCOc1ccc(OCC)c(NC(=O)CN2CCN(CC(=O)NCc3ccccc3)CC2)c1. The van der Waals surface area contributed by atoms with Crippen LogP contribution in [0.3, 0.4) is 0 Å². The molecule has 0 bridgehead atoms. The van der Waals surface area contributed by atoms with E-state index in [1.165, 1.54) is 0 Å². The Morgan fingerprint density at radius 1 is 0.848 bits per heavy atom. The Kier molecular flexibility index (Phi) is 9.53. The van der Waals surface area contributed by atoms with Crippen molar-refractivity contribution in [2.45, 2.75) is 20.4 Å². The van der Waals surface area contributed by atoms with Crippen LogP contribution in [0.5, 0.6) is 11.5 Å². The standard InChI is InChI=1S/C25H34N4O4/c1-3-32-21-10-11-23(33-4-2)22(16-21)27-25(31)19-29-14-12-28(13-15-29)18-24(30)26-17-20-8-6-5-7-9-20/h5-11,16H,3-4,12-15,17-19H2,1-2H3,(H,26,30)(H,27,31). The zero-order chi connectivity index (χ0) is 23.5. The summed E-state index contributed by atoms with van der Waals surface area (Å²) >= 11 is 0. The third-order valence-electron chi connectivity index (χ3n) is 5.37. The summed E-state index contributed by atoms with van der Waals surface area (Å²) in [4.78, 5) is 29.1. The second-order valence-corrected chi connectivity index (χ2v) is 7.89. The number of benzene rings is 2. The predicted octanol–water partition coefficient (Wildman–Crippen LogP) is 2.36. The van der Waals surface area contributed by atoms with E-state index in [-0.39, 0.29) is 11.8 Å². The molecular weight excluding hydrogens is 420 g/mol. The van der Waals surface area contributed by atoms with E-state index in [4.69, 9.17) is 9.47 Å². The molecule has 8 heteroatoms. The Labute approximate surface area is 195 Å². The summed E-state index contributed by atoms with van der Waals surface area (Å²) in [7, 11) is 0. The molecule has 0 atom stereocenters. The summed E-state index contributed by atoms with van der Waals surface area (Å²) in [6.45, 7) is 9.04. The minimum absolute atomic E-state index is 0.0164. The van der Waals surface area contributed by atoms with Gasteiger partial charge in [0.05, 0.1) is 32.0 Å². The van der Waals surface area contributed by atoms with E-state index in [0.717, 1.165) is 31.7 Å². The maximum Gasteiger partial charge on any atom is 0.238 e. The lowest BCUT2D eigenvalue weighted by atomic mass is 10.2. The van der Waals surface area contributed by atoms with Crippen molar-refractivity contribution in [3.05, 3.63) is 54.1 Å². The molecule has 1 fully saturated rings. The van der Waals surface area contributed by atoms with Gasteiger partial charge in [-0.15, -0.1) is 0 Å². The predicted molar refractivity (Wildman–Crippen MR) is 129 cm³/mol. The second-order valence-electron chi connectivity index (χ2n) is 7.89. The fraction of sp³-hybridized carbons (Fsp3) is 0.440. The van der Waals surface area contributed by atoms with Gasteiger partial charge in [-0.05, 0) is 31.5 Å². The maximum atomic E-state index is 12.7. The van der Waals surface area contributed by atoms with Crippen LogP contribution in [0.2, 0.25) is 0 Å². The number of amides is 2. The van der Waals surface area contributed by atoms with Gasteiger partial charge in [0, 0.05) is 38.8 Å². The quantitative estimate of drug-likeness (QED) is 0.542.